The maximum absolute atomic E-state index is 12.6. The fourth-order valence-electron chi connectivity index (χ4n) is 3.72. The molecule has 0 aliphatic carbocycles. The predicted molar refractivity (Wildman–Crippen MR) is 108 cm³/mol. The van der Waals surface area contributed by atoms with Gasteiger partial charge in [-0.05, 0) is 37.6 Å². The number of hydrogen-bond acceptors (Lipinski definition) is 6. The fourth-order valence-corrected chi connectivity index (χ4v) is 3.72. The van der Waals surface area contributed by atoms with Gasteiger partial charge < -0.3 is 19.1 Å². The van der Waals surface area contributed by atoms with Crippen molar-refractivity contribution in [1.29, 1.82) is 0 Å². The van der Waals surface area contributed by atoms with Crippen molar-refractivity contribution in [2.24, 2.45) is 0 Å². The molecule has 1 aromatic carbocycles. The van der Waals surface area contributed by atoms with Crippen molar-refractivity contribution in [2.45, 2.75) is 19.4 Å². The SMILES string of the molecule is Cc1cn2cccc2c(N2CC[C@H](NC(=O)c3noc(-c4ccccc4)n3)C2)n1. The van der Waals surface area contributed by atoms with E-state index in [0.29, 0.717) is 12.4 Å². The topological polar surface area (TPSA) is 88.6 Å². The molecule has 0 spiro atoms. The van der Waals surface area contributed by atoms with Crippen LogP contribution >= 0.6 is 0 Å². The van der Waals surface area contributed by atoms with E-state index in [-0.39, 0.29) is 17.8 Å². The third kappa shape index (κ3) is 3.33. The van der Waals surface area contributed by atoms with Crippen LogP contribution in [0.15, 0.2) is 59.4 Å². The number of anilines is 1. The van der Waals surface area contributed by atoms with Gasteiger partial charge in [0.05, 0.1) is 11.2 Å². The van der Waals surface area contributed by atoms with Crippen molar-refractivity contribution in [3.05, 3.63) is 66.4 Å². The summed E-state index contributed by atoms with van der Waals surface area (Å²) < 4.78 is 7.31. The molecule has 0 radical (unpaired) electrons. The van der Waals surface area contributed by atoms with Gasteiger partial charge >= 0.3 is 0 Å². The van der Waals surface area contributed by atoms with Gasteiger partial charge in [0.15, 0.2) is 5.82 Å². The third-order valence-corrected chi connectivity index (χ3v) is 5.09. The molecule has 1 N–H and O–H groups in total. The van der Waals surface area contributed by atoms with Crippen molar-refractivity contribution in [2.75, 3.05) is 18.0 Å². The van der Waals surface area contributed by atoms with Gasteiger partial charge in [0.2, 0.25) is 0 Å². The van der Waals surface area contributed by atoms with Gasteiger partial charge in [-0.25, -0.2) is 4.98 Å². The number of hydrogen-bond donors (Lipinski definition) is 1. The van der Waals surface area contributed by atoms with E-state index < -0.39 is 0 Å². The standard InChI is InChI=1S/C21H20N6O2/c1-14-12-26-10-5-8-17(26)19(22-14)27-11-9-16(13-27)23-20(28)18-24-21(29-25-18)15-6-3-2-4-7-15/h2-8,10,12,16H,9,11,13H2,1H3,(H,23,28)/t16-/m0/s1. The Morgan fingerprint density at radius 1 is 1.17 bits per heavy atom. The molecule has 1 atom stereocenters. The number of carbonyl (C=O) groups excluding carboxylic acids is 1. The van der Waals surface area contributed by atoms with Gasteiger partial charge in [-0.2, -0.15) is 4.98 Å². The van der Waals surface area contributed by atoms with Gasteiger partial charge in [0.25, 0.3) is 17.6 Å². The minimum atomic E-state index is -0.326. The minimum absolute atomic E-state index is 0.00139. The lowest BCUT2D eigenvalue weighted by atomic mass is 10.2. The third-order valence-electron chi connectivity index (χ3n) is 5.09. The van der Waals surface area contributed by atoms with E-state index in [1.807, 2.05) is 55.7 Å². The Morgan fingerprint density at radius 2 is 2.03 bits per heavy atom. The summed E-state index contributed by atoms with van der Waals surface area (Å²) in [5.41, 5.74) is 2.80. The minimum Gasteiger partial charge on any atom is -0.353 e. The molecule has 3 aromatic heterocycles. The smallest absolute Gasteiger partial charge is 0.292 e. The molecule has 8 heteroatoms. The van der Waals surface area contributed by atoms with Crippen LogP contribution in [0.3, 0.4) is 0 Å². The van der Waals surface area contributed by atoms with E-state index in [4.69, 9.17) is 9.51 Å². The quantitative estimate of drug-likeness (QED) is 0.578. The predicted octanol–water partition coefficient (Wildman–Crippen LogP) is 2.70. The van der Waals surface area contributed by atoms with Crippen LogP contribution in [0, 0.1) is 6.92 Å². The molecule has 1 aliphatic rings. The highest BCUT2D eigenvalue weighted by Crippen LogP contribution is 2.24. The normalized spacial score (nSPS) is 16.4. The number of nitrogens with zero attached hydrogens (tertiary/aromatic N) is 5. The molecular weight excluding hydrogens is 368 g/mol. The van der Waals surface area contributed by atoms with Crippen LogP contribution in [-0.4, -0.2) is 44.6 Å². The molecule has 1 amide bonds. The molecule has 0 unspecified atom stereocenters. The van der Waals surface area contributed by atoms with Crippen molar-refractivity contribution >= 4 is 17.2 Å². The Balaban J connectivity index is 1.28. The van der Waals surface area contributed by atoms with E-state index in [1.165, 1.54) is 0 Å². The van der Waals surface area contributed by atoms with Crippen LogP contribution in [0.5, 0.6) is 0 Å². The van der Waals surface area contributed by atoms with Crippen molar-refractivity contribution < 1.29 is 9.32 Å². The van der Waals surface area contributed by atoms with Crippen molar-refractivity contribution in [1.82, 2.24) is 24.8 Å². The average Bonchev–Trinajstić information content (AvgIpc) is 3.48. The van der Waals surface area contributed by atoms with Crippen molar-refractivity contribution in [3.8, 4) is 11.5 Å². The zero-order valence-corrected chi connectivity index (χ0v) is 15.9. The molecule has 29 heavy (non-hydrogen) atoms. The molecular formula is C21H20N6O2. The average molecular weight is 388 g/mol. The molecule has 0 saturated carbocycles. The summed E-state index contributed by atoms with van der Waals surface area (Å²) in [6.07, 6.45) is 4.86. The number of fused-ring (bicyclic) bond motifs is 1. The highest BCUT2D eigenvalue weighted by atomic mass is 16.5. The molecule has 4 aromatic rings. The molecule has 8 nitrogen and oxygen atoms in total. The lowest BCUT2D eigenvalue weighted by molar-refractivity contribution is 0.0927. The molecule has 4 heterocycles. The maximum atomic E-state index is 12.6. The van der Waals surface area contributed by atoms with E-state index in [9.17, 15) is 4.79 Å². The van der Waals surface area contributed by atoms with E-state index in [1.54, 1.807) is 0 Å². The first-order valence-electron chi connectivity index (χ1n) is 9.56. The molecule has 5 rings (SSSR count). The van der Waals surface area contributed by atoms with Gasteiger partial charge in [-0.1, -0.05) is 23.4 Å². The van der Waals surface area contributed by atoms with Crippen LogP contribution in [0.1, 0.15) is 22.7 Å². The highest BCUT2D eigenvalue weighted by molar-refractivity contribution is 5.91. The Kier molecular flexibility index (Phi) is 4.23. The highest BCUT2D eigenvalue weighted by Gasteiger charge is 2.28. The van der Waals surface area contributed by atoms with Gasteiger partial charge in [0, 0.05) is 37.1 Å². The first-order valence-corrected chi connectivity index (χ1v) is 9.56. The molecule has 1 saturated heterocycles. The number of aryl methyl sites for hydroxylation is 1. The summed E-state index contributed by atoms with van der Waals surface area (Å²) in [5, 5.41) is 6.85. The Labute approximate surface area is 167 Å². The van der Waals surface area contributed by atoms with Gasteiger partial charge in [-0.15, -0.1) is 0 Å². The number of carbonyl (C=O) groups is 1. The molecule has 1 aliphatic heterocycles. The number of benzene rings is 1. The Hall–Kier alpha value is -3.68. The molecule has 0 bridgehead atoms. The lowest BCUT2D eigenvalue weighted by Crippen LogP contribution is -2.37. The monoisotopic (exact) mass is 388 g/mol. The van der Waals surface area contributed by atoms with Gasteiger partial charge in [0.1, 0.15) is 0 Å². The van der Waals surface area contributed by atoms with Crippen LogP contribution < -0.4 is 10.2 Å². The zero-order chi connectivity index (χ0) is 19.8. The second-order valence-corrected chi connectivity index (χ2v) is 7.20. The summed E-state index contributed by atoms with van der Waals surface area (Å²) in [7, 11) is 0. The number of amides is 1. The molecule has 1 fully saturated rings. The van der Waals surface area contributed by atoms with Crippen LogP contribution in [-0.2, 0) is 0 Å². The Morgan fingerprint density at radius 3 is 2.90 bits per heavy atom. The summed E-state index contributed by atoms with van der Waals surface area (Å²) in [6, 6.07) is 13.5. The van der Waals surface area contributed by atoms with Crippen molar-refractivity contribution in [3.63, 3.8) is 0 Å². The number of nitrogens with one attached hydrogen (secondary N) is 1. The van der Waals surface area contributed by atoms with Crippen LogP contribution in [0.4, 0.5) is 5.82 Å². The number of aromatic nitrogens is 4. The maximum Gasteiger partial charge on any atom is 0.292 e. The Bertz CT molecular complexity index is 1170. The van der Waals surface area contributed by atoms with E-state index >= 15 is 0 Å². The van der Waals surface area contributed by atoms with E-state index in [0.717, 1.165) is 35.6 Å². The van der Waals surface area contributed by atoms with Gasteiger partial charge in [-0.3, -0.25) is 4.79 Å². The summed E-state index contributed by atoms with van der Waals surface area (Å²) in [5.74, 6) is 0.999. The fraction of sp³-hybridized carbons (Fsp3) is 0.238. The summed E-state index contributed by atoms with van der Waals surface area (Å²) in [6.45, 7) is 3.50. The summed E-state index contributed by atoms with van der Waals surface area (Å²) >= 11 is 0. The van der Waals surface area contributed by atoms with E-state index in [2.05, 4.69) is 30.8 Å². The summed E-state index contributed by atoms with van der Waals surface area (Å²) in [4.78, 5) is 23.7. The van der Waals surface area contributed by atoms with Crippen LogP contribution in [0.2, 0.25) is 0 Å². The first kappa shape index (κ1) is 17.4. The largest absolute Gasteiger partial charge is 0.353 e. The number of rotatable bonds is 4. The lowest BCUT2D eigenvalue weighted by Gasteiger charge is -2.19. The van der Waals surface area contributed by atoms with Crippen LogP contribution in [0.25, 0.3) is 17.0 Å². The second kappa shape index (κ2) is 7.05. The zero-order valence-electron chi connectivity index (χ0n) is 15.9. The first-order chi connectivity index (χ1) is 14.2. The second-order valence-electron chi connectivity index (χ2n) is 7.20. The molecule has 146 valence electrons.